The summed E-state index contributed by atoms with van der Waals surface area (Å²) in [6.45, 7) is 4.44. The number of nitrogens with one attached hydrogen (secondary N) is 1. The lowest BCUT2D eigenvalue weighted by Gasteiger charge is -2.38. The van der Waals surface area contributed by atoms with E-state index in [0.29, 0.717) is 17.8 Å². The molecule has 3 unspecified atom stereocenters. The van der Waals surface area contributed by atoms with Gasteiger partial charge in [-0.25, -0.2) is 0 Å². The molecule has 0 saturated carbocycles. The van der Waals surface area contributed by atoms with Crippen molar-refractivity contribution in [2.24, 2.45) is 5.92 Å². The standard InChI is InChI=1S/C22H22N2/c1-14(2)15-9-11-16(12-10-15)21-19-8-4-6-18(19)20-7-3-5-17(13-23)22(20)24-21/h3-7,9-12,14,18-19,21,24H,8H2,1-2H3. The van der Waals surface area contributed by atoms with E-state index in [4.69, 9.17) is 0 Å². The number of hydrogen-bond donors (Lipinski definition) is 1. The lowest BCUT2D eigenvalue weighted by atomic mass is 9.76. The average Bonchev–Trinajstić information content (AvgIpc) is 3.10. The number of benzene rings is 2. The Morgan fingerprint density at radius 1 is 1.12 bits per heavy atom. The van der Waals surface area contributed by atoms with Gasteiger partial charge in [-0.3, -0.25) is 0 Å². The molecule has 1 N–H and O–H groups in total. The SMILES string of the molecule is CC(C)c1ccc(C2Nc3c(C#N)cccc3C3C=CCC32)cc1. The molecule has 0 aromatic heterocycles. The summed E-state index contributed by atoms with van der Waals surface area (Å²) < 4.78 is 0. The zero-order valence-corrected chi connectivity index (χ0v) is 14.2. The largest absolute Gasteiger partial charge is 0.377 e. The highest BCUT2D eigenvalue weighted by Crippen LogP contribution is 2.50. The number of rotatable bonds is 2. The molecule has 0 radical (unpaired) electrons. The van der Waals surface area contributed by atoms with Crippen LogP contribution in [-0.4, -0.2) is 0 Å². The molecule has 2 aromatic carbocycles. The zero-order chi connectivity index (χ0) is 16.7. The van der Waals surface area contributed by atoms with Gasteiger partial charge < -0.3 is 5.32 Å². The summed E-state index contributed by atoms with van der Waals surface area (Å²) in [5, 5.41) is 13.2. The molecule has 2 aliphatic rings. The van der Waals surface area contributed by atoms with Gasteiger partial charge in [0.05, 0.1) is 17.3 Å². The van der Waals surface area contributed by atoms with Gasteiger partial charge in [0.25, 0.3) is 0 Å². The number of nitriles is 1. The highest BCUT2D eigenvalue weighted by Gasteiger charge is 2.38. The molecular weight excluding hydrogens is 292 g/mol. The molecule has 0 fully saturated rings. The molecule has 0 saturated heterocycles. The van der Waals surface area contributed by atoms with Crippen LogP contribution < -0.4 is 5.32 Å². The maximum Gasteiger partial charge on any atom is 0.101 e. The molecule has 1 aliphatic carbocycles. The molecular formula is C22H22N2. The summed E-state index contributed by atoms with van der Waals surface area (Å²) in [6.07, 6.45) is 5.70. The molecule has 1 aliphatic heterocycles. The van der Waals surface area contributed by atoms with Crippen LogP contribution in [0.1, 0.15) is 60.4 Å². The third-order valence-electron chi connectivity index (χ3n) is 5.48. The van der Waals surface area contributed by atoms with E-state index < -0.39 is 0 Å². The predicted octanol–water partition coefficient (Wildman–Crippen LogP) is 5.51. The molecule has 0 bridgehead atoms. The van der Waals surface area contributed by atoms with Gasteiger partial charge in [-0.2, -0.15) is 5.26 Å². The van der Waals surface area contributed by atoms with Crippen LogP contribution in [-0.2, 0) is 0 Å². The van der Waals surface area contributed by atoms with Gasteiger partial charge in [0, 0.05) is 5.92 Å². The maximum atomic E-state index is 9.48. The van der Waals surface area contributed by atoms with Crippen LogP contribution in [0.4, 0.5) is 5.69 Å². The number of para-hydroxylation sites is 1. The van der Waals surface area contributed by atoms with Gasteiger partial charge in [-0.15, -0.1) is 0 Å². The smallest absolute Gasteiger partial charge is 0.101 e. The first-order chi connectivity index (χ1) is 11.7. The molecule has 0 amide bonds. The lowest BCUT2D eigenvalue weighted by molar-refractivity contribution is 0.425. The second-order valence-corrected chi connectivity index (χ2v) is 7.18. The van der Waals surface area contributed by atoms with E-state index in [0.717, 1.165) is 17.7 Å². The van der Waals surface area contributed by atoms with E-state index >= 15 is 0 Å². The van der Waals surface area contributed by atoms with Gasteiger partial charge in [0.1, 0.15) is 6.07 Å². The van der Waals surface area contributed by atoms with Crippen molar-refractivity contribution in [3.63, 3.8) is 0 Å². The summed E-state index contributed by atoms with van der Waals surface area (Å²) in [4.78, 5) is 0. The average molecular weight is 314 g/mol. The van der Waals surface area contributed by atoms with Crippen LogP contribution >= 0.6 is 0 Å². The molecule has 3 atom stereocenters. The van der Waals surface area contributed by atoms with Crippen LogP contribution in [0, 0.1) is 17.2 Å². The van der Waals surface area contributed by atoms with E-state index in [2.05, 4.69) is 67.7 Å². The Kier molecular flexibility index (Phi) is 3.65. The van der Waals surface area contributed by atoms with Crippen LogP contribution in [0.3, 0.4) is 0 Å². The molecule has 2 heteroatoms. The van der Waals surface area contributed by atoms with Gasteiger partial charge in [0.15, 0.2) is 0 Å². The Morgan fingerprint density at radius 3 is 2.62 bits per heavy atom. The minimum atomic E-state index is 0.258. The third kappa shape index (κ3) is 2.32. The number of fused-ring (bicyclic) bond motifs is 3. The fraction of sp³-hybridized carbons (Fsp3) is 0.318. The summed E-state index contributed by atoms with van der Waals surface area (Å²) in [5.74, 6) is 1.48. The lowest BCUT2D eigenvalue weighted by Crippen LogP contribution is -2.29. The number of anilines is 1. The van der Waals surface area contributed by atoms with Crippen LogP contribution in [0.5, 0.6) is 0 Å². The fourth-order valence-corrected chi connectivity index (χ4v) is 4.13. The van der Waals surface area contributed by atoms with Crippen molar-refractivity contribution in [3.05, 3.63) is 76.9 Å². The molecule has 1 heterocycles. The van der Waals surface area contributed by atoms with Gasteiger partial charge in [-0.05, 0) is 41.0 Å². The first-order valence-electron chi connectivity index (χ1n) is 8.75. The van der Waals surface area contributed by atoms with Crippen molar-refractivity contribution in [3.8, 4) is 6.07 Å². The van der Waals surface area contributed by atoms with E-state index in [9.17, 15) is 5.26 Å². The van der Waals surface area contributed by atoms with E-state index in [1.807, 2.05) is 12.1 Å². The Morgan fingerprint density at radius 2 is 1.92 bits per heavy atom. The first kappa shape index (κ1) is 15.0. The summed E-state index contributed by atoms with van der Waals surface area (Å²) in [7, 11) is 0. The predicted molar refractivity (Wildman–Crippen MR) is 98.0 cm³/mol. The Bertz CT molecular complexity index is 824. The molecule has 2 nitrogen and oxygen atoms in total. The second kappa shape index (κ2) is 5.83. The summed E-state index contributed by atoms with van der Waals surface area (Å²) in [5.41, 5.74) is 5.72. The number of allylic oxidation sites excluding steroid dienone is 2. The van der Waals surface area contributed by atoms with Crippen molar-refractivity contribution in [2.75, 3.05) is 5.32 Å². The maximum absolute atomic E-state index is 9.48. The molecule has 4 rings (SSSR count). The van der Waals surface area contributed by atoms with Gasteiger partial charge >= 0.3 is 0 Å². The van der Waals surface area contributed by atoms with E-state index in [1.54, 1.807) is 0 Å². The topological polar surface area (TPSA) is 35.8 Å². The second-order valence-electron chi connectivity index (χ2n) is 7.18. The molecule has 0 spiro atoms. The normalized spacial score (nSPS) is 24.2. The van der Waals surface area contributed by atoms with Crippen molar-refractivity contribution < 1.29 is 0 Å². The van der Waals surface area contributed by atoms with E-state index in [1.165, 1.54) is 16.7 Å². The third-order valence-corrected chi connectivity index (χ3v) is 5.48. The van der Waals surface area contributed by atoms with Crippen molar-refractivity contribution in [1.82, 2.24) is 0 Å². The van der Waals surface area contributed by atoms with Crippen molar-refractivity contribution in [2.45, 2.75) is 38.1 Å². The highest BCUT2D eigenvalue weighted by atomic mass is 15.0. The minimum Gasteiger partial charge on any atom is -0.377 e. The first-order valence-corrected chi connectivity index (χ1v) is 8.75. The Balaban J connectivity index is 1.76. The molecule has 24 heavy (non-hydrogen) atoms. The van der Waals surface area contributed by atoms with Crippen molar-refractivity contribution in [1.29, 1.82) is 5.26 Å². The van der Waals surface area contributed by atoms with Crippen LogP contribution in [0.2, 0.25) is 0 Å². The summed E-state index contributed by atoms with van der Waals surface area (Å²) in [6, 6.07) is 17.7. The van der Waals surface area contributed by atoms with Crippen molar-refractivity contribution >= 4 is 5.69 Å². The Labute approximate surface area is 143 Å². The Hall–Kier alpha value is -2.53. The zero-order valence-electron chi connectivity index (χ0n) is 14.2. The summed E-state index contributed by atoms with van der Waals surface area (Å²) >= 11 is 0. The van der Waals surface area contributed by atoms with Crippen LogP contribution in [0.15, 0.2) is 54.6 Å². The highest BCUT2D eigenvalue weighted by molar-refractivity contribution is 5.67. The quantitative estimate of drug-likeness (QED) is 0.742. The minimum absolute atomic E-state index is 0.258. The number of nitrogens with zero attached hydrogens (tertiary/aromatic N) is 1. The monoisotopic (exact) mass is 314 g/mol. The number of hydrogen-bond acceptors (Lipinski definition) is 2. The fourth-order valence-electron chi connectivity index (χ4n) is 4.13. The molecule has 120 valence electrons. The van der Waals surface area contributed by atoms with Gasteiger partial charge in [-0.1, -0.05) is 62.4 Å². The van der Waals surface area contributed by atoms with E-state index in [-0.39, 0.29) is 6.04 Å². The van der Waals surface area contributed by atoms with Gasteiger partial charge in [0.2, 0.25) is 0 Å². The molecule has 2 aromatic rings. The van der Waals surface area contributed by atoms with Crippen LogP contribution in [0.25, 0.3) is 0 Å².